The molecule has 1 unspecified atom stereocenters. The van der Waals surface area contributed by atoms with E-state index in [1.165, 1.54) is 39.4 Å². The molecule has 1 atom stereocenters. The smallest absolute Gasteiger partial charge is 0.261 e. The molecule has 0 radical (unpaired) electrons. The lowest BCUT2D eigenvalue weighted by Gasteiger charge is -2.50. The Morgan fingerprint density at radius 3 is 2.46 bits per heavy atom. The number of aryl methyl sites for hydroxylation is 1. The van der Waals surface area contributed by atoms with Crippen molar-refractivity contribution < 1.29 is 23.6 Å². The molecule has 37 heavy (non-hydrogen) atoms. The van der Waals surface area contributed by atoms with E-state index in [1.807, 2.05) is 4.90 Å². The molecule has 0 saturated carbocycles. The average Bonchev–Trinajstić information content (AvgIpc) is 2.85. The number of amides is 3. The van der Waals surface area contributed by atoms with Gasteiger partial charge in [-0.1, -0.05) is 6.42 Å². The van der Waals surface area contributed by atoms with Gasteiger partial charge in [0.2, 0.25) is 12.3 Å². The third-order valence-corrected chi connectivity index (χ3v) is 7.97. The zero-order chi connectivity index (χ0) is 26.5. The molecule has 1 aromatic carbocycles. The number of hydrogen-bond acceptors (Lipinski definition) is 7. The third kappa shape index (κ3) is 6.01. The van der Waals surface area contributed by atoms with Crippen LogP contribution in [0, 0.1) is 18.7 Å². The standard InChI is InChI=1S/C27H38FN5O4/c1-19-11-25(32-14-20(15-32)13-30-16-21(17-30)31-8-4-3-5-9-31)23(28)12-22(19)27(37)33(18-35)24(7-6-10-34)26(36)29-2/h10-12,18,20-21,24H,3-9,13-17H2,1-2H3,(H,29,36). The maximum absolute atomic E-state index is 15.1. The van der Waals surface area contributed by atoms with Crippen molar-refractivity contribution in [1.29, 1.82) is 0 Å². The van der Waals surface area contributed by atoms with Gasteiger partial charge in [-0.25, -0.2) is 4.39 Å². The number of likely N-dealkylation sites (tertiary alicyclic amines) is 2. The Labute approximate surface area is 217 Å². The zero-order valence-corrected chi connectivity index (χ0v) is 21.8. The Kier molecular flexibility index (Phi) is 8.91. The van der Waals surface area contributed by atoms with Crippen molar-refractivity contribution in [3.05, 3.63) is 29.1 Å². The fourth-order valence-electron chi connectivity index (χ4n) is 5.78. The number of carbonyl (C=O) groups is 4. The summed E-state index contributed by atoms with van der Waals surface area (Å²) in [6.45, 7) is 8.94. The molecule has 1 aromatic rings. The zero-order valence-electron chi connectivity index (χ0n) is 21.8. The molecule has 0 aliphatic carbocycles. The number of anilines is 1. The van der Waals surface area contributed by atoms with Crippen LogP contribution in [0.2, 0.25) is 0 Å². The van der Waals surface area contributed by atoms with Gasteiger partial charge in [-0.2, -0.15) is 0 Å². The summed E-state index contributed by atoms with van der Waals surface area (Å²) in [7, 11) is 1.39. The molecule has 0 spiro atoms. The minimum absolute atomic E-state index is 0.00176. The molecule has 3 fully saturated rings. The molecule has 0 bridgehead atoms. The van der Waals surface area contributed by atoms with Crippen LogP contribution in [-0.4, -0.2) is 104 Å². The van der Waals surface area contributed by atoms with E-state index >= 15 is 4.39 Å². The first-order valence-corrected chi connectivity index (χ1v) is 13.3. The Morgan fingerprint density at radius 1 is 1.14 bits per heavy atom. The molecular weight excluding hydrogens is 477 g/mol. The van der Waals surface area contributed by atoms with E-state index in [1.54, 1.807) is 13.0 Å². The molecule has 202 valence electrons. The van der Waals surface area contributed by atoms with Gasteiger partial charge in [0, 0.05) is 63.7 Å². The average molecular weight is 516 g/mol. The number of hydrogen-bond donors (Lipinski definition) is 1. The number of nitrogens with zero attached hydrogens (tertiary/aromatic N) is 4. The number of rotatable bonds is 11. The lowest BCUT2D eigenvalue weighted by molar-refractivity contribution is -0.131. The van der Waals surface area contributed by atoms with Crippen LogP contribution in [0.4, 0.5) is 10.1 Å². The predicted octanol–water partition coefficient (Wildman–Crippen LogP) is 1.43. The topological polar surface area (TPSA) is 93.3 Å². The molecular formula is C27H38FN5O4. The monoisotopic (exact) mass is 515 g/mol. The van der Waals surface area contributed by atoms with Crippen LogP contribution in [0.15, 0.2) is 12.1 Å². The number of nitrogens with one attached hydrogen (secondary N) is 1. The second kappa shape index (κ2) is 12.1. The van der Waals surface area contributed by atoms with Crippen LogP contribution in [0.3, 0.4) is 0 Å². The van der Waals surface area contributed by atoms with Gasteiger partial charge in [0.1, 0.15) is 18.1 Å². The minimum Gasteiger partial charge on any atom is -0.368 e. The number of aldehydes is 1. The van der Waals surface area contributed by atoms with Crippen molar-refractivity contribution >= 4 is 30.2 Å². The van der Waals surface area contributed by atoms with Crippen LogP contribution in [0.25, 0.3) is 0 Å². The molecule has 0 aromatic heterocycles. The first-order valence-electron chi connectivity index (χ1n) is 13.3. The summed E-state index contributed by atoms with van der Waals surface area (Å²) in [6.07, 6.45) is 4.87. The lowest BCUT2D eigenvalue weighted by atomic mass is 9.94. The summed E-state index contributed by atoms with van der Waals surface area (Å²) < 4.78 is 15.1. The molecule has 3 aliphatic rings. The summed E-state index contributed by atoms with van der Waals surface area (Å²) in [5.74, 6) is -1.37. The molecule has 3 heterocycles. The van der Waals surface area contributed by atoms with Crippen molar-refractivity contribution in [2.75, 3.05) is 57.8 Å². The Balaban J connectivity index is 1.34. The second-order valence-electron chi connectivity index (χ2n) is 10.6. The van der Waals surface area contributed by atoms with E-state index in [0.29, 0.717) is 29.5 Å². The summed E-state index contributed by atoms with van der Waals surface area (Å²) in [5, 5.41) is 2.41. The Bertz CT molecular complexity index is 1000. The maximum atomic E-state index is 15.1. The molecule has 10 heteroatoms. The molecule has 3 saturated heterocycles. The molecule has 9 nitrogen and oxygen atoms in total. The number of benzene rings is 1. The molecule has 4 rings (SSSR count). The highest BCUT2D eigenvalue weighted by molar-refractivity contribution is 6.04. The van der Waals surface area contributed by atoms with Gasteiger partial charge in [-0.05, 0) is 57.0 Å². The highest BCUT2D eigenvalue weighted by atomic mass is 19.1. The normalized spacial score (nSPS) is 20.0. The molecule has 3 amide bonds. The van der Waals surface area contributed by atoms with E-state index < -0.39 is 23.7 Å². The van der Waals surface area contributed by atoms with Crippen molar-refractivity contribution in [2.45, 2.75) is 51.1 Å². The number of halogens is 1. The Morgan fingerprint density at radius 2 is 1.84 bits per heavy atom. The quantitative estimate of drug-likeness (QED) is 0.446. The number of carbonyl (C=O) groups excluding carboxylic acids is 4. The van der Waals surface area contributed by atoms with E-state index in [4.69, 9.17) is 0 Å². The maximum Gasteiger partial charge on any atom is 0.261 e. The van der Waals surface area contributed by atoms with Gasteiger partial charge < -0.3 is 15.0 Å². The second-order valence-corrected chi connectivity index (χ2v) is 10.6. The van der Waals surface area contributed by atoms with Crippen molar-refractivity contribution in [1.82, 2.24) is 20.0 Å². The van der Waals surface area contributed by atoms with Crippen LogP contribution in [0.5, 0.6) is 0 Å². The van der Waals surface area contributed by atoms with Crippen LogP contribution >= 0.6 is 0 Å². The van der Waals surface area contributed by atoms with Gasteiger partial charge in [0.25, 0.3) is 5.91 Å². The molecule has 3 aliphatic heterocycles. The van der Waals surface area contributed by atoms with E-state index in [9.17, 15) is 19.2 Å². The fraction of sp³-hybridized carbons (Fsp3) is 0.630. The highest BCUT2D eigenvalue weighted by Gasteiger charge is 2.37. The van der Waals surface area contributed by atoms with Gasteiger partial charge >= 0.3 is 0 Å². The van der Waals surface area contributed by atoms with Gasteiger partial charge in [0.15, 0.2) is 0 Å². The first-order chi connectivity index (χ1) is 17.9. The predicted molar refractivity (Wildman–Crippen MR) is 138 cm³/mol. The highest BCUT2D eigenvalue weighted by Crippen LogP contribution is 2.32. The summed E-state index contributed by atoms with van der Waals surface area (Å²) in [5.41, 5.74) is 0.992. The van der Waals surface area contributed by atoms with E-state index in [2.05, 4.69) is 15.1 Å². The van der Waals surface area contributed by atoms with E-state index in [-0.39, 0.29) is 24.8 Å². The SMILES string of the molecule is CNC(=O)C(CCC=O)N(C=O)C(=O)c1cc(F)c(N2CC(CN3CC(N4CCCCC4)C3)C2)cc1C. The van der Waals surface area contributed by atoms with Gasteiger partial charge in [-0.3, -0.25) is 29.1 Å². The van der Waals surface area contributed by atoms with Crippen molar-refractivity contribution in [2.24, 2.45) is 5.92 Å². The summed E-state index contributed by atoms with van der Waals surface area (Å²) >= 11 is 0. The lowest BCUT2D eigenvalue weighted by Crippen LogP contribution is -2.63. The van der Waals surface area contributed by atoms with Crippen molar-refractivity contribution in [3.63, 3.8) is 0 Å². The van der Waals surface area contributed by atoms with Gasteiger partial charge in [0.05, 0.1) is 5.69 Å². The number of imide groups is 1. The molecule has 1 N–H and O–H groups in total. The largest absolute Gasteiger partial charge is 0.368 e. The summed E-state index contributed by atoms with van der Waals surface area (Å²) in [6, 6.07) is 2.33. The third-order valence-electron chi connectivity index (χ3n) is 7.97. The van der Waals surface area contributed by atoms with Crippen molar-refractivity contribution in [3.8, 4) is 0 Å². The fourth-order valence-corrected chi connectivity index (χ4v) is 5.78. The van der Waals surface area contributed by atoms with Crippen LogP contribution < -0.4 is 10.2 Å². The van der Waals surface area contributed by atoms with Crippen LogP contribution in [0.1, 0.15) is 48.0 Å². The first kappa shape index (κ1) is 27.2. The summed E-state index contributed by atoms with van der Waals surface area (Å²) in [4.78, 5) is 55.8. The Hall–Kier alpha value is -2.85. The van der Waals surface area contributed by atoms with Gasteiger partial charge in [-0.15, -0.1) is 0 Å². The van der Waals surface area contributed by atoms with E-state index in [0.717, 1.165) is 43.7 Å². The van der Waals surface area contributed by atoms with Crippen LogP contribution in [-0.2, 0) is 14.4 Å². The number of likely N-dealkylation sites (N-methyl/N-ethyl adjacent to an activating group) is 1. The number of piperidine rings is 1. The minimum atomic E-state index is -1.14.